The number of hydrogen-bond donors (Lipinski definition) is 1. The van der Waals surface area contributed by atoms with Gasteiger partial charge in [0.1, 0.15) is 5.82 Å². The Morgan fingerprint density at radius 3 is 2.55 bits per heavy atom. The van der Waals surface area contributed by atoms with Crippen molar-refractivity contribution in [3.63, 3.8) is 0 Å². The third kappa shape index (κ3) is 5.58. The Balaban J connectivity index is 1.54. The highest BCUT2D eigenvalue weighted by Gasteiger charge is 2.24. The minimum Gasteiger partial charge on any atom is -0.325 e. The zero-order valence-electron chi connectivity index (χ0n) is 16.4. The summed E-state index contributed by atoms with van der Waals surface area (Å²) in [4.78, 5) is 27.2. The molecule has 8 heteroatoms. The maximum absolute atomic E-state index is 13.9. The number of non-ortho nitro benzene ring substituents is 1. The van der Waals surface area contributed by atoms with Gasteiger partial charge >= 0.3 is 0 Å². The standard InChI is InChI=1S/C21H25FN4O3/c1-16(21(27)23-18-7-9-19(10-8-18)26(28)29)25-12-4-11-24(13-14-25)15-17-5-2-3-6-20(17)22/h2-3,5-10,16H,4,11-15H2,1H3,(H,23,27). The van der Waals surface area contributed by atoms with Crippen LogP contribution in [0.1, 0.15) is 18.9 Å². The summed E-state index contributed by atoms with van der Waals surface area (Å²) in [5.74, 6) is -0.342. The van der Waals surface area contributed by atoms with Crippen molar-refractivity contribution in [1.82, 2.24) is 9.80 Å². The first kappa shape index (κ1) is 20.9. The second-order valence-electron chi connectivity index (χ2n) is 7.23. The van der Waals surface area contributed by atoms with Gasteiger partial charge in [0, 0.05) is 49.6 Å². The number of nitro groups is 1. The fraction of sp³-hybridized carbons (Fsp3) is 0.381. The molecular weight excluding hydrogens is 375 g/mol. The summed E-state index contributed by atoms with van der Waals surface area (Å²) in [5, 5.41) is 13.5. The van der Waals surface area contributed by atoms with E-state index in [1.54, 1.807) is 12.1 Å². The predicted molar refractivity (Wildman–Crippen MR) is 109 cm³/mol. The average Bonchev–Trinajstić information content (AvgIpc) is 2.95. The molecule has 1 N–H and O–H groups in total. The smallest absolute Gasteiger partial charge is 0.269 e. The number of amides is 1. The van der Waals surface area contributed by atoms with Crippen LogP contribution in [0.2, 0.25) is 0 Å². The first-order valence-electron chi connectivity index (χ1n) is 9.69. The van der Waals surface area contributed by atoms with E-state index in [1.807, 2.05) is 13.0 Å². The molecule has 1 fully saturated rings. The fourth-order valence-corrected chi connectivity index (χ4v) is 3.48. The molecule has 1 aliphatic rings. The van der Waals surface area contributed by atoms with Crippen LogP contribution in [0, 0.1) is 15.9 Å². The van der Waals surface area contributed by atoms with E-state index in [0.717, 1.165) is 26.1 Å². The van der Waals surface area contributed by atoms with E-state index in [4.69, 9.17) is 0 Å². The SMILES string of the molecule is CC(C(=O)Nc1ccc([N+](=O)[O-])cc1)N1CCCN(Cc2ccccc2F)CC1. The highest BCUT2D eigenvalue weighted by Crippen LogP contribution is 2.17. The third-order valence-corrected chi connectivity index (χ3v) is 5.25. The van der Waals surface area contributed by atoms with E-state index in [9.17, 15) is 19.3 Å². The lowest BCUT2D eigenvalue weighted by molar-refractivity contribution is -0.384. The summed E-state index contributed by atoms with van der Waals surface area (Å²) >= 11 is 0. The van der Waals surface area contributed by atoms with Crippen LogP contribution < -0.4 is 5.32 Å². The third-order valence-electron chi connectivity index (χ3n) is 5.25. The van der Waals surface area contributed by atoms with E-state index < -0.39 is 4.92 Å². The monoisotopic (exact) mass is 400 g/mol. The lowest BCUT2D eigenvalue weighted by atomic mass is 10.2. The van der Waals surface area contributed by atoms with Crippen LogP contribution in [0.15, 0.2) is 48.5 Å². The molecule has 1 aliphatic heterocycles. The van der Waals surface area contributed by atoms with Gasteiger partial charge in [-0.05, 0) is 38.1 Å². The van der Waals surface area contributed by atoms with Crippen molar-refractivity contribution in [1.29, 1.82) is 0 Å². The molecule has 0 spiro atoms. The zero-order valence-corrected chi connectivity index (χ0v) is 16.4. The molecule has 3 rings (SSSR count). The van der Waals surface area contributed by atoms with Crippen molar-refractivity contribution < 1.29 is 14.1 Å². The molecule has 7 nitrogen and oxygen atoms in total. The van der Waals surface area contributed by atoms with E-state index >= 15 is 0 Å². The quantitative estimate of drug-likeness (QED) is 0.595. The van der Waals surface area contributed by atoms with Crippen LogP contribution in [0.3, 0.4) is 0 Å². The van der Waals surface area contributed by atoms with Crippen molar-refractivity contribution in [2.75, 3.05) is 31.5 Å². The Bertz CT molecular complexity index is 859. The lowest BCUT2D eigenvalue weighted by Gasteiger charge is -2.27. The number of nitrogens with one attached hydrogen (secondary N) is 1. The van der Waals surface area contributed by atoms with Gasteiger partial charge in [0.15, 0.2) is 0 Å². The molecule has 2 aromatic rings. The molecule has 0 radical (unpaired) electrons. The molecule has 0 aromatic heterocycles. The summed E-state index contributed by atoms with van der Waals surface area (Å²) in [7, 11) is 0. The van der Waals surface area contributed by atoms with E-state index in [0.29, 0.717) is 24.3 Å². The Morgan fingerprint density at radius 2 is 1.86 bits per heavy atom. The van der Waals surface area contributed by atoms with Crippen LogP contribution in [-0.4, -0.2) is 52.9 Å². The van der Waals surface area contributed by atoms with Crippen molar-refractivity contribution in [3.05, 3.63) is 70.0 Å². The predicted octanol–water partition coefficient (Wildman–Crippen LogP) is 3.27. The number of benzene rings is 2. The van der Waals surface area contributed by atoms with Gasteiger partial charge in [0.05, 0.1) is 11.0 Å². The van der Waals surface area contributed by atoms with Gasteiger partial charge in [-0.25, -0.2) is 4.39 Å². The number of nitro benzene ring substituents is 1. The molecule has 1 heterocycles. The maximum Gasteiger partial charge on any atom is 0.269 e. The van der Waals surface area contributed by atoms with Gasteiger partial charge in [-0.1, -0.05) is 18.2 Å². The summed E-state index contributed by atoms with van der Waals surface area (Å²) in [6.45, 7) is 5.51. The summed E-state index contributed by atoms with van der Waals surface area (Å²) < 4.78 is 13.9. The number of rotatable bonds is 6. The van der Waals surface area contributed by atoms with Gasteiger partial charge in [0.25, 0.3) is 5.69 Å². The zero-order chi connectivity index (χ0) is 20.8. The maximum atomic E-state index is 13.9. The largest absolute Gasteiger partial charge is 0.325 e. The van der Waals surface area contributed by atoms with Gasteiger partial charge < -0.3 is 5.32 Å². The van der Waals surface area contributed by atoms with Gasteiger partial charge in [-0.15, -0.1) is 0 Å². The Kier molecular flexibility index (Phi) is 6.90. The van der Waals surface area contributed by atoms with Crippen LogP contribution in [0.25, 0.3) is 0 Å². The van der Waals surface area contributed by atoms with Crippen molar-refractivity contribution >= 4 is 17.3 Å². The van der Waals surface area contributed by atoms with Crippen LogP contribution in [0.4, 0.5) is 15.8 Å². The Hall–Kier alpha value is -2.84. The van der Waals surface area contributed by atoms with Gasteiger partial charge in [-0.2, -0.15) is 0 Å². The second-order valence-corrected chi connectivity index (χ2v) is 7.23. The van der Waals surface area contributed by atoms with E-state index in [1.165, 1.54) is 30.3 Å². The number of carbonyl (C=O) groups is 1. The number of carbonyl (C=O) groups excluding carboxylic acids is 1. The number of nitrogens with zero attached hydrogens (tertiary/aromatic N) is 3. The Morgan fingerprint density at radius 1 is 1.14 bits per heavy atom. The molecule has 0 saturated carbocycles. The van der Waals surface area contributed by atoms with Crippen LogP contribution in [0.5, 0.6) is 0 Å². The molecule has 1 unspecified atom stereocenters. The van der Waals surface area contributed by atoms with Crippen molar-refractivity contribution in [3.8, 4) is 0 Å². The molecule has 1 saturated heterocycles. The van der Waals surface area contributed by atoms with Crippen LogP contribution in [-0.2, 0) is 11.3 Å². The molecule has 2 aromatic carbocycles. The highest BCUT2D eigenvalue weighted by atomic mass is 19.1. The number of halogens is 1. The van der Waals surface area contributed by atoms with Gasteiger partial charge in [0.2, 0.25) is 5.91 Å². The van der Waals surface area contributed by atoms with Crippen molar-refractivity contribution in [2.24, 2.45) is 0 Å². The molecule has 1 atom stereocenters. The minimum absolute atomic E-state index is 0.0153. The highest BCUT2D eigenvalue weighted by molar-refractivity contribution is 5.94. The summed E-state index contributed by atoms with van der Waals surface area (Å²) in [6.07, 6.45) is 0.892. The normalized spacial score (nSPS) is 16.8. The van der Waals surface area contributed by atoms with Crippen LogP contribution >= 0.6 is 0 Å². The van der Waals surface area contributed by atoms with Gasteiger partial charge in [-0.3, -0.25) is 24.7 Å². The first-order chi connectivity index (χ1) is 13.9. The topological polar surface area (TPSA) is 78.7 Å². The molecule has 0 aliphatic carbocycles. The number of hydrogen-bond acceptors (Lipinski definition) is 5. The second kappa shape index (κ2) is 9.58. The average molecular weight is 400 g/mol. The molecular formula is C21H25FN4O3. The molecule has 29 heavy (non-hydrogen) atoms. The molecule has 154 valence electrons. The van der Waals surface area contributed by atoms with E-state index in [2.05, 4.69) is 15.1 Å². The minimum atomic E-state index is -0.474. The van der Waals surface area contributed by atoms with E-state index in [-0.39, 0.29) is 23.5 Å². The fourth-order valence-electron chi connectivity index (χ4n) is 3.48. The van der Waals surface area contributed by atoms with Crippen molar-refractivity contribution in [2.45, 2.75) is 25.9 Å². The molecule has 1 amide bonds. The first-order valence-corrected chi connectivity index (χ1v) is 9.69. The summed E-state index contributed by atoms with van der Waals surface area (Å²) in [6, 6.07) is 12.3. The molecule has 0 bridgehead atoms. The number of anilines is 1. The Labute approximate surface area is 169 Å². The lowest BCUT2D eigenvalue weighted by Crippen LogP contribution is -2.43. The summed E-state index contributed by atoms with van der Waals surface area (Å²) in [5.41, 5.74) is 1.20.